The summed E-state index contributed by atoms with van der Waals surface area (Å²) in [6.45, 7) is 0. The van der Waals surface area contributed by atoms with Crippen molar-refractivity contribution in [2.45, 2.75) is 12.3 Å². The molecule has 1 aliphatic rings. The number of nitrogens with one attached hydrogen (secondary N) is 1. The maximum Gasteiger partial charge on any atom is 0.243 e. The molecule has 0 saturated heterocycles. The smallest absolute Gasteiger partial charge is 0.243 e. The Morgan fingerprint density at radius 1 is 1.05 bits per heavy atom. The molecule has 0 bridgehead atoms. The molecule has 1 aliphatic carbocycles. The van der Waals surface area contributed by atoms with Gasteiger partial charge in [0.25, 0.3) is 0 Å². The molecule has 3 rings (SSSR count). The fourth-order valence-corrected chi connectivity index (χ4v) is 2.35. The van der Waals surface area contributed by atoms with Crippen LogP contribution in [0.3, 0.4) is 0 Å². The molecule has 0 aliphatic heterocycles. The summed E-state index contributed by atoms with van der Waals surface area (Å²) in [5.74, 6) is 0.416. The molecule has 3 heteroatoms. The predicted octanol–water partition coefficient (Wildman–Crippen LogP) is 2.94. The highest BCUT2D eigenvalue weighted by molar-refractivity contribution is 5.85. The minimum Gasteiger partial charge on any atom is -0.273 e. The number of rotatable bonds is 4. The summed E-state index contributed by atoms with van der Waals surface area (Å²) in [6, 6.07) is 19.9. The molecule has 2 aromatic rings. The van der Waals surface area contributed by atoms with Crippen LogP contribution in [-0.4, -0.2) is 12.1 Å². The molecule has 3 nitrogen and oxygen atoms in total. The zero-order valence-electron chi connectivity index (χ0n) is 11.1. The van der Waals surface area contributed by atoms with Crippen LogP contribution >= 0.6 is 0 Å². The minimum atomic E-state index is 0.00559. The molecule has 0 aromatic heterocycles. The highest BCUT2D eigenvalue weighted by Gasteiger charge is 2.43. The molecule has 1 saturated carbocycles. The van der Waals surface area contributed by atoms with Crippen molar-refractivity contribution in [3.8, 4) is 0 Å². The molecule has 100 valence electrons. The number of hydrazone groups is 1. The third-order valence-corrected chi connectivity index (χ3v) is 3.54. The zero-order valence-corrected chi connectivity index (χ0v) is 11.1. The maximum absolute atomic E-state index is 12.0. The van der Waals surface area contributed by atoms with Crippen molar-refractivity contribution in [1.29, 1.82) is 0 Å². The van der Waals surface area contributed by atoms with E-state index in [9.17, 15) is 4.79 Å². The molecule has 20 heavy (non-hydrogen) atoms. The first-order valence-electron chi connectivity index (χ1n) is 6.77. The van der Waals surface area contributed by atoms with E-state index in [2.05, 4.69) is 22.7 Å². The van der Waals surface area contributed by atoms with Gasteiger partial charge in [-0.3, -0.25) is 4.79 Å². The van der Waals surface area contributed by atoms with Crippen molar-refractivity contribution in [2.24, 2.45) is 11.0 Å². The monoisotopic (exact) mass is 264 g/mol. The number of amides is 1. The Morgan fingerprint density at radius 2 is 1.70 bits per heavy atom. The van der Waals surface area contributed by atoms with Crippen LogP contribution in [0.15, 0.2) is 65.8 Å². The van der Waals surface area contributed by atoms with Crippen LogP contribution in [0.1, 0.15) is 23.5 Å². The van der Waals surface area contributed by atoms with E-state index in [1.165, 1.54) is 5.56 Å². The van der Waals surface area contributed by atoms with Gasteiger partial charge in [0.2, 0.25) is 5.91 Å². The van der Waals surface area contributed by atoms with E-state index in [0.29, 0.717) is 5.92 Å². The average Bonchev–Trinajstić information content (AvgIpc) is 3.30. The van der Waals surface area contributed by atoms with Gasteiger partial charge in [-0.15, -0.1) is 0 Å². The van der Waals surface area contributed by atoms with Gasteiger partial charge in [-0.25, -0.2) is 5.43 Å². The standard InChI is InChI=1S/C17H16N2O/c20-17(19-18-12-13-7-3-1-4-8-13)16-11-15(16)14-9-5-2-6-10-14/h1-10,12,15-16H,11H2,(H,19,20)/t15-,16+/m1/s1. The first kappa shape index (κ1) is 12.6. The van der Waals surface area contributed by atoms with E-state index in [-0.39, 0.29) is 11.8 Å². The van der Waals surface area contributed by atoms with Crippen molar-refractivity contribution in [1.82, 2.24) is 5.43 Å². The Balaban J connectivity index is 1.53. The van der Waals surface area contributed by atoms with Crippen LogP contribution in [0.25, 0.3) is 0 Å². The van der Waals surface area contributed by atoms with Crippen LogP contribution in [0.4, 0.5) is 0 Å². The average molecular weight is 264 g/mol. The lowest BCUT2D eigenvalue weighted by atomic mass is 10.1. The van der Waals surface area contributed by atoms with E-state index in [4.69, 9.17) is 0 Å². The lowest BCUT2D eigenvalue weighted by Gasteiger charge is -2.00. The molecule has 0 radical (unpaired) electrons. The molecule has 2 atom stereocenters. The molecule has 1 amide bonds. The van der Waals surface area contributed by atoms with Gasteiger partial charge < -0.3 is 0 Å². The number of carbonyl (C=O) groups excluding carboxylic acids is 1. The van der Waals surface area contributed by atoms with E-state index >= 15 is 0 Å². The van der Waals surface area contributed by atoms with Crippen LogP contribution in [0.5, 0.6) is 0 Å². The van der Waals surface area contributed by atoms with Gasteiger partial charge in [-0.1, -0.05) is 60.7 Å². The van der Waals surface area contributed by atoms with E-state index in [1.54, 1.807) is 6.21 Å². The highest BCUT2D eigenvalue weighted by atomic mass is 16.2. The van der Waals surface area contributed by atoms with Gasteiger partial charge in [0.1, 0.15) is 0 Å². The Hall–Kier alpha value is -2.42. The topological polar surface area (TPSA) is 41.5 Å². The second-order valence-electron chi connectivity index (χ2n) is 5.00. The number of carbonyl (C=O) groups is 1. The summed E-state index contributed by atoms with van der Waals surface area (Å²) < 4.78 is 0. The van der Waals surface area contributed by atoms with E-state index < -0.39 is 0 Å². The van der Waals surface area contributed by atoms with Gasteiger partial charge in [0.05, 0.1) is 6.21 Å². The molecule has 0 heterocycles. The normalized spacial score (nSPS) is 20.8. The largest absolute Gasteiger partial charge is 0.273 e. The Labute approximate surface area is 118 Å². The van der Waals surface area contributed by atoms with Crippen LogP contribution in [-0.2, 0) is 4.79 Å². The van der Waals surface area contributed by atoms with Crippen LogP contribution in [0.2, 0.25) is 0 Å². The third kappa shape index (κ3) is 2.94. The fourth-order valence-electron chi connectivity index (χ4n) is 2.35. The van der Waals surface area contributed by atoms with E-state index in [0.717, 1.165) is 12.0 Å². The highest BCUT2D eigenvalue weighted by Crippen LogP contribution is 2.47. The predicted molar refractivity (Wildman–Crippen MR) is 79.5 cm³/mol. The lowest BCUT2D eigenvalue weighted by molar-refractivity contribution is -0.122. The summed E-state index contributed by atoms with van der Waals surface area (Å²) in [7, 11) is 0. The first-order chi connectivity index (χ1) is 9.84. The number of hydrogen-bond acceptors (Lipinski definition) is 2. The molecule has 1 fully saturated rings. The number of hydrogen-bond donors (Lipinski definition) is 1. The number of nitrogens with zero attached hydrogens (tertiary/aromatic N) is 1. The van der Waals surface area contributed by atoms with Crippen molar-refractivity contribution in [3.63, 3.8) is 0 Å². The molecular weight excluding hydrogens is 248 g/mol. The zero-order chi connectivity index (χ0) is 13.8. The molecule has 1 N–H and O–H groups in total. The van der Waals surface area contributed by atoms with Gasteiger partial charge in [0.15, 0.2) is 0 Å². The van der Waals surface area contributed by atoms with Crippen molar-refractivity contribution in [2.75, 3.05) is 0 Å². The summed E-state index contributed by atoms with van der Waals surface area (Å²) in [4.78, 5) is 12.0. The van der Waals surface area contributed by atoms with E-state index in [1.807, 2.05) is 48.5 Å². The Morgan fingerprint density at radius 3 is 2.40 bits per heavy atom. The summed E-state index contributed by atoms with van der Waals surface area (Å²) in [6.07, 6.45) is 2.58. The lowest BCUT2D eigenvalue weighted by Crippen LogP contribution is -2.20. The van der Waals surface area contributed by atoms with Gasteiger partial charge in [-0.2, -0.15) is 5.10 Å². The van der Waals surface area contributed by atoms with Gasteiger partial charge in [0, 0.05) is 5.92 Å². The van der Waals surface area contributed by atoms with Gasteiger partial charge in [-0.05, 0) is 23.5 Å². The first-order valence-corrected chi connectivity index (χ1v) is 6.77. The number of benzene rings is 2. The maximum atomic E-state index is 12.0. The molecule has 0 spiro atoms. The summed E-state index contributed by atoms with van der Waals surface area (Å²) in [5, 5.41) is 4.01. The summed E-state index contributed by atoms with van der Waals surface area (Å²) >= 11 is 0. The van der Waals surface area contributed by atoms with Crippen LogP contribution in [0, 0.1) is 5.92 Å². The SMILES string of the molecule is O=C(NN=Cc1ccccc1)[C@H]1C[C@@H]1c1ccccc1. The summed E-state index contributed by atoms with van der Waals surface area (Å²) in [5.41, 5.74) is 4.83. The fraction of sp³-hybridized carbons (Fsp3) is 0.176. The van der Waals surface area contributed by atoms with Gasteiger partial charge >= 0.3 is 0 Å². The Kier molecular flexibility index (Phi) is 3.59. The third-order valence-electron chi connectivity index (χ3n) is 3.54. The van der Waals surface area contributed by atoms with Crippen molar-refractivity contribution in [3.05, 3.63) is 71.8 Å². The van der Waals surface area contributed by atoms with Crippen molar-refractivity contribution >= 4 is 12.1 Å². The minimum absolute atomic E-state index is 0.00559. The quantitative estimate of drug-likeness (QED) is 0.669. The van der Waals surface area contributed by atoms with Crippen LogP contribution < -0.4 is 5.43 Å². The second kappa shape index (κ2) is 5.70. The van der Waals surface area contributed by atoms with Crippen molar-refractivity contribution < 1.29 is 4.79 Å². The molecular formula is C17H16N2O. The Bertz CT molecular complexity index is 607. The molecule has 2 aromatic carbocycles. The second-order valence-corrected chi connectivity index (χ2v) is 5.00. The molecule has 0 unspecified atom stereocenters.